The molecule has 0 spiro atoms. The average Bonchev–Trinajstić information content (AvgIpc) is 2.77. The number of likely N-dealkylation sites (tertiary alicyclic amines) is 1. The fraction of sp³-hybridized carbons (Fsp3) is 0.708. The van der Waals surface area contributed by atoms with Gasteiger partial charge in [0.25, 0.3) is 0 Å². The third-order valence-corrected chi connectivity index (χ3v) is 5.47. The molecule has 1 heterocycles. The van der Waals surface area contributed by atoms with Gasteiger partial charge < -0.3 is 25.0 Å². The van der Waals surface area contributed by atoms with Crippen molar-refractivity contribution >= 4 is 29.9 Å². The normalized spacial score (nSPS) is 14.7. The standard InChI is InChI=1S/C24H42N4O2.HI/c1-4-29-17-18-30-23-19-21(2)11-12-22(23)20-27-24(25-3)26-13-7-5-8-14-28-15-9-6-10-16-28;/h11-12,19H,4-10,13-18,20H2,1-3H3,(H2,25,26,27);1H. The fourth-order valence-electron chi connectivity index (χ4n) is 3.72. The second-order valence-electron chi connectivity index (χ2n) is 7.97. The van der Waals surface area contributed by atoms with Gasteiger partial charge in [-0.2, -0.15) is 0 Å². The zero-order valence-corrected chi connectivity index (χ0v) is 22.1. The van der Waals surface area contributed by atoms with Crippen LogP contribution in [-0.2, 0) is 11.3 Å². The van der Waals surface area contributed by atoms with E-state index in [0.717, 1.165) is 23.8 Å². The molecule has 0 bridgehead atoms. The number of nitrogens with zero attached hydrogens (tertiary/aromatic N) is 2. The highest BCUT2D eigenvalue weighted by atomic mass is 127. The molecule has 2 N–H and O–H groups in total. The molecule has 1 aliphatic heterocycles. The van der Waals surface area contributed by atoms with E-state index in [1.54, 1.807) is 0 Å². The Morgan fingerprint density at radius 1 is 1.06 bits per heavy atom. The lowest BCUT2D eigenvalue weighted by atomic mass is 10.1. The molecule has 0 saturated carbocycles. The number of rotatable bonds is 13. The molecule has 0 amide bonds. The topological polar surface area (TPSA) is 58.1 Å². The van der Waals surface area contributed by atoms with Crippen molar-refractivity contribution in [1.82, 2.24) is 15.5 Å². The number of hydrogen-bond donors (Lipinski definition) is 2. The second kappa shape index (κ2) is 17.5. The van der Waals surface area contributed by atoms with Crippen LogP contribution in [0.15, 0.2) is 23.2 Å². The quantitative estimate of drug-likeness (QED) is 0.167. The van der Waals surface area contributed by atoms with E-state index in [2.05, 4.69) is 45.6 Å². The van der Waals surface area contributed by atoms with Gasteiger partial charge in [-0.05, 0) is 70.8 Å². The fourth-order valence-corrected chi connectivity index (χ4v) is 3.72. The lowest BCUT2D eigenvalue weighted by Gasteiger charge is -2.26. The first kappa shape index (κ1) is 28.0. The molecule has 1 aliphatic rings. The van der Waals surface area contributed by atoms with Crippen LogP contribution in [0.5, 0.6) is 5.75 Å². The minimum absolute atomic E-state index is 0. The predicted octanol–water partition coefficient (Wildman–Crippen LogP) is 4.35. The number of unbranched alkanes of at least 4 members (excludes halogenated alkanes) is 2. The molecule has 0 unspecified atom stereocenters. The largest absolute Gasteiger partial charge is 0.491 e. The van der Waals surface area contributed by atoms with Crippen LogP contribution in [0.25, 0.3) is 0 Å². The van der Waals surface area contributed by atoms with E-state index in [1.165, 1.54) is 63.7 Å². The van der Waals surface area contributed by atoms with Crippen molar-refractivity contribution in [2.24, 2.45) is 4.99 Å². The van der Waals surface area contributed by atoms with Gasteiger partial charge in [-0.25, -0.2) is 0 Å². The Morgan fingerprint density at radius 2 is 1.87 bits per heavy atom. The summed E-state index contributed by atoms with van der Waals surface area (Å²) in [5, 5.41) is 6.84. The number of aliphatic imine (C=N–C) groups is 1. The van der Waals surface area contributed by atoms with Crippen molar-refractivity contribution in [3.63, 3.8) is 0 Å². The summed E-state index contributed by atoms with van der Waals surface area (Å²) in [6.45, 7) is 11.4. The first-order valence-corrected chi connectivity index (χ1v) is 11.7. The zero-order chi connectivity index (χ0) is 21.4. The number of hydrogen-bond acceptors (Lipinski definition) is 4. The van der Waals surface area contributed by atoms with E-state index in [4.69, 9.17) is 9.47 Å². The lowest BCUT2D eigenvalue weighted by molar-refractivity contribution is 0.110. The minimum atomic E-state index is 0. The molecule has 0 aromatic heterocycles. The summed E-state index contributed by atoms with van der Waals surface area (Å²) in [4.78, 5) is 6.97. The van der Waals surface area contributed by atoms with Crippen LogP contribution < -0.4 is 15.4 Å². The summed E-state index contributed by atoms with van der Waals surface area (Å²) >= 11 is 0. The van der Waals surface area contributed by atoms with Gasteiger partial charge in [0.05, 0.1) is 6.61 Å². The third-order valence-electron chi connectivity index (χ3n) is 5.47. The van der Waals surface area contributed by atoms with E-state index in [1.807, 2.05) is 14.0 Å². The van der Waals surface area contributed by atoms with Crippen LogP contribution in [-0.4, -0.2) is 63.9 Å². The molecule has 1 saturated heterocycles. The molecule has 6 nitrogen and oxygen atoms in total. The molecule has 1 aromatic rings. The molecule has 178 valence electrons. The highest BCUT2D eigenvalue weighted by Crippen LogP contribution is 2.20. The highest BCUT2D eigenvalue weighted by Gasteiger charge is 2.09. The molecule has 1 fully saturated rings. The van der Waals surface area contributed by atoms with Crippen molar-refractivity contribution in [2.45, 2.75) is 58.9 Å². The van der Waals surface area contributed by atoms with Crippen molar-refractivity contribution in [2.75, 3.05) is 53.0 Å². The van der Waals surface area contributed by atoms with Crippen molar-refractivity contribution in [3.8, 4) is 5.75 Å². The number of benzene rings is 1. The molecule has 2 rings (SSSR count). The van der Waals surface area contributed by atoms with Gasteiger partial charge in [0, 0.05) is 32.3 Å². The van der Waals surface area contributed by atoms with Crippen molar-refractivity contribution in [3.05, 3.63) is 29.3 Å². The Hall–Kier alpha value is -1.06. The van der Waals surface area contributed by atoms with Crippen LogP contribution in [0, 0.1) is 6.92 Å². The monoisotopic (exact) mass is 546 g/mol. The maximum Gasteiger partial charge on any atom is 0.191 e. The Morgan fingerprint density at radius 3 is 2.61 bits per heavy atom. The Kier molecular flexibility index (Phi) is 15.8. The molecule has 31 heavy (non-hydrogen) atoms. The number of halogens is 1. The number of nitrogens with one attached hydrogen (secondary N) is 2. The number of piperidine rings is 1. The van der Waals surface area contributed by atoms with E-state index < -0.39 is 0 Å². The third kappa shape index (κ3) is 11.9. The van der Waals surface area contributed by atoms with Crippen LogP contribution in [0.4, 0.5) is 0 Å². The van der Waals surface area contributed by atoms with Gasteiger partial charge >= 0.3 is 0 Å². The number of aryl methyl sites for hydroxylation is 1. The minimum Gasteiger partial charge on any atom is -0.491 e. The second-order valence-corrected chi connectivity index (χ2v) is 7.97. The lowest BCUT2D eigenvalue weighted by Crippen LogP contribution is -2.37. The Bertz CT molecular complexity index is 622. The van der Waals surface area contributed by atoms with E-state index in [-0.39, 0.29) is 24.0 Å². The van der Waals surface area contributed by atoms with Crippen LogP contribution in [0.3, 0.4) is 0 Å². The maximum absolute atomic E-state index is 5.93. The summed E-state index contributed by atoms with van der Waals surface area (Å²) in [6, 6.07) is 6.32. The Balaban J connectivity index is 0.00000480. The zero-order valence-electron chi connectivity index (χ0n) is 19.8. The smallest absolute Gasteiger partial charge is 0.191 e. The van der Waals surface area contributed by atoms with Gasteiger partial charge in [0.1, 0.15) is 12.4 Å². The summed E-state index contributed by atoms with van der Waals surface area (Å²) in [7, 11) is 1.82. The summed E-state index contributed by atoms with van der Waals surface area (Å²) in [6.07, 6.45) is 7.89. The Labute approximate surface area is 206 Å². The van der Waals surface area contributed by atoms with Gasteiger partial charge in [-0.1, -0.05) is 25.0 Å². The van der Waals surface area contributed by atoms with Crippen LogP contribution >= 0.6 is 24.0 Å². The summed E-state index contributed by atoms with van der Waals surface area (Å²) < 4.78 is 11.3. The summed E-state index contributed by atoms with van der Waals surface area (Å²) in [5.41, 5.74) is 2.32. The molecule has 1 aromatic carbocycles. The SMILES string of the molecule is CCOCCOc1cc(C)ccc1CNC(=NC)NCCCCCN1CCCCC1.I. The van der Waals surface area contributed by atoms with E-state index >= 15 is 0 Å². The average molecular weight is 547 g/mol. The van der Waals surface area contributed by atoms with Crippen LogP contribution in [0.2, 0.25) is 0 Å². The van der Waals surface area contributed by atoms with Crippen molar-refractivity contribution in [1.29, 1.82) is 0 Å². The molecule has 0 aliphatic carbocycles. The molecular formula is C24H43IN4O2. The van der Waals surface area contributed by atoms with Crippen molar-refractivity contribution < 1.29 is 9.47 Å². The number of ether oxygens (including phenoxy) is 2. The van der Waals surface area contributed by atoms with E-state index in [0.29, 0.717) is 26.4 Å². The molecular weight excluding hydrogens is 503 g/mol. The predicted molar refractivity (Wildman–Crippen MR) is 141 cm³/mol. The number of guanidine groups is 1. The molecule has 0 atom stereocenters. The van der Waals surface area contributed by atoms with Gasteiger partial charge in [-0.3, -0.25) is 4.99 Å². The molecule has 0 radical (unpaired) electrons. The van der Waals surface area contributed by atoms with Gasteiger partial charge in [0.15, 0.2) is 5.96 Å². The van der Waals surface area contributed by atoms with Gasteiger partial charge in [0.2, 0.25) is 0 Å². The molecule has 7 heteroatoms. The van der Waals surface area contributed by atoms with Gasteiger partial charge in [-0.15, -0.1) is 24.0 Å². The van der Waals surface area contributed by atoms with Crippen LogP contribution in [0.1, 0.15) is 56.6 Å². The first-order valence-electron chi connectivity index (χ1n) is 11.7. The highest BCUT2D eigenvalue weighted by molar-refractivity contribution is 14.0. The summed E-state index contributed by atoms with van der Waals surface area (Å²) in [5.74, 6) is 1.75. The van der Waals surface area contributed by atoms with E-state index in [9.17, 15) is 0 Å². The first-order chi connectivity index (χ1) is 14.7. The maximum atomic E-state index is 5.93.